The summed E-state index contributed by atoms with van der Waals surface area (Å²) in [7, 11) is 0. The quantitative estimate of drug-likeness (QED) is 0.751. The highest BCUT2D eigenvalue weighted by atomic mass is 16.5. The highest BCUT2D eigenvalue weighted by Crippen LogP contribution is 2.40. The van der Waals surface area contributed by atoms with Crippen LogP contribution in [0.5, 0.6) is 0 Å². The largest absolute Gasteiger partial charge is 0.375 e. The Bertz CT molecular complexity index is 788. The summed E-state index contributed by atoms with van der Waals surface area (Å²) >= 11 is 0. The third-order valence-corrected chi connectivity index (χ3v) is 5.41. The SMILES string of the molecule is CC(C)(C(=O)c1cccc2c1Cc1ccccc1-2)C1CNCCO1. The highest BCUT2D eigenvalue weighted by Gasteiger charge is 2.40. The summed E-state index contributed by atoms with van der Waals surface area (Å²) in [5, 5.41) is 3.34. The molecule has 1 heterocycles. The van der Waals surface area contributed by atoms with Crippen LogP contribution in [-0.2, 0) is 11.2 Å². The Kier molecular flexibility index (Phi) is 3.78. The molecule has 4 rings (SSSR count). The number of ketones is 1. The fourth-order valence-electron chi connectivity index (χ4n) is 3.89. The minimum absolute atomic E-state index is 0.0848. The molecule has 1 saturated heterocycles. The second-order valence-electron chi connectivity index (χ2n) is 7.28. The Morgan fingerprint density at radius 1 is 1.12 bits per heavy atom. The molecule has 0 aromatic heterocycles. The maximum atomic E-state index is 13.4. The minimum Gasteiger partial charge on any atom is -0.375 e. The second kappa shape index (κ2) is 5.83. The maximum absolute atomic E-state index is 13.4. The van der Waals surface area contributed by atoms with Gasteiger partial charge in [-0.1, -0.05) is 42.5 Å². The van der Waals surface area contributed by atoms with Crippen LogP contribution in [0, 0.1) is 5.41 Å². The van der Waals surface area contributed by atoms with Crippen LogP contribution < -0.4 is 5.32 Å². The fraction of sp³-hybridized carbons (Fsp3) is 0.381. The van der Waals surface area contributed by atoms with Gasteiger partial charge in [-0.15, -0.1) is 0 Å². The minimum atomic E-state index is -0.544. The summed E-state index contributed by atoms with van der Waals surface area (Å²) in [4.78, 5) is 13.4. The van der Waals surface area contributed by atoms with Gasteiger partial charge < -0.3 is 10.1 Å². The van der Waals surface area contributed by atoms with Crippen molar-refractivity contribution in [2.45, 2.75) is 26.4 Å². The second-order valence-corrected chi connectivity index (χ2v) is 7.28. The number of nitrogens with one attached hydrogen (secondary N) is 1. The molecule has 1 aliphatic carbocycles. The lowest BCUT2D eigenvalue weighted by Gasteiger charge is -2.36. The smallest absolute Gasteiger partial charge is 0.171 e. The Morgan fingerprint density at radius 2 is 1.92 bits per heavy atom. The molecule has 1 atom stereocenters. The number of benzene rings is 2. The summed E-state index contributed by atoms with van der Waals surface area (Å²) < 4.78 is 5.88. The predicted molar refractivity (Wildman–Crippen MR) is 95.4 cm³/mol. The molecule has 24 heavy (non-hydrogen) atoms. The van der Waals surface area contributed by atoms with E-state index in [9.17, 15) is 4.79 Å². The number of hydrogen-bond donors (Lipinski definition) is 1. The van der Waals surface area contributed by atoms with Gasteiger partial charge in [-0.25, -0.2) is 0 Å². The molecule has 1 aliphatic heterocycles. The van der Waals surface area contributed by atoms with E-state index in [1.54, 1.807) is 0 Å². The maximum Gasteiger partial charge on any atom is 0.171 e. The van der Waals surface area contributed by atoms with Gasteiger partial charge in [0.15, 0.2) is 5.78 Å². The van der Waals surface area contributed by atoms with Gasteiger partial charge in [-0.05, 0) is 42.5 Å². The molecule has 1 N–H and O–H groups in total. The number of rotatable bonds is 3. The summed E-state index contributed by atoms with van der Waals surface area (Å²) in [5.74, 6) is 0.181. The lowest BCUT2D eigenvalue weighted by Crippen LogP contribution is -2.49. The Hall–Kier alpha value is -1.97. The van der Waals surface area contributed by atoms with Crippen LogP contribution in [0.2, 0.25) is 0 Å². The Labute approximate surface area is 143 Å². The first-order valence-corrected chi connectivity index (χ1v) is 8.66. The highest BCUT2D eigenvalue weighted by molar-refractivity contribution is 6.04. The van der Waals surface area contributed by atoms with E-state index >= 15 is 0 Å². The number of carbonyl (C=O) groups excluding carboxylic acids is 1. The van der Waals surface area contributed by atoms with Crippen LogP contribution in [0.3, 0.4) is 0 Å². The average molecular weight is 321 g/mol. The molecule has 2 aromatic rings. The first-order chi connectivity index (χ1) is 11.6. The molecule has 0 amide bonds. The van der Waals surface area contributed by atoms with Crippen LogP contribution in [0.1, 0.15) is 35.3 Å². The molecule has 1 unspecified atom stereocenters. The summed E-state index contributed by atoms with van der Waals surface area (Å²) in [5.41, 5.74) is 5.24. The van der Waals surface area contributed by atoms with E-state index in [0.717, 1.165) is 25.1 Å². The van der Waals surface area contributed by atoms with E-state index in [4.69, 9.17) is 4.74 Å². The molecular formula is C21H23NO2. The van der Waals surface area contributed by atoms with Crippen molar-refractivity contribution in [1.82, 2.24) is 5.32 Å². The number of ether oxygens (including phenoxy) is 1. The van der Waals surface area contributed by atoms with E-state index in [0.29, 0.717) is 6.61 Å². The van der Waals surface area contributed by atoms with Gasteiger partial charge in [0.2, 0.25) is 0 Å². The third-order valence-electron chi connectivity index (χ3n) is 5.41. The molecule has 0 saturated carbocycles. The predicted octanol–water partition coefficient (Wildman–Crippen LogP) is 3.46. The van der Waals surface area contributed by atoms with E-state index in [-0.39, 0.29) is 11.9 Å². The number of carbonyl (C=O) groups is 1. The van der Waals surface area contributed by atoms with Crippen molar-refractivity contribution >= 4 is 5.78 Å². The first kappa shape index (κ1) is 15.6. The van der Waals surface area contributed by atoms with Crippen LogP contribution >= 0.6 is 0 Å². The van der Waals surface area contributed by atoms with Crippen molar-refractivity contribution in [3.05, 3.63) is 59.2 Å². The van der Waals surface area contributed by atoms with Crippen molar-refractivity contribution < 1.29 is 9.53 Å². The van der Waals surface area contributed by atoms with E-state index in [2.05, 4.69) is 35.6 Å². The van der Waals surface area contributed by atoms with Crippen molar-refractivity contribution in [2.75, 3.05) is 19.7 Å². The number of Topliss-reactive ketones (excluding diaryl/α,β-unsaturated/α-hetero) is 1. The normalized spacial score (nSPS) is 19.7. The zero-order valence-corrected chi connectivity index (χ0v) is 14.3. The molecule has 1 fully saturated rings. The number of morpholine rings is 1. The topological polar surface area (TPSA) is 38.3 Å². The van der Waals surface area contributed by atoms with E-state index in [1.807, 2.05) is 26.0 Å². The molecule has 0 radical (unpaired) electrons. The van der Waals surface area contributed by atoms with E-state index in [1.165, 1.54) is 22.3 Å². The molecule has 124 valence electrons. The van der Waals surface area contributed by atoms with Gasteiger partial charge in [0.25, 0.3) is 0 Å². The van der Waals surface area contributed by atoms with Crippen LogP contribution in [0.25, 0.3) is 11.1 Å². The average Bonchev–Trinajstić information content (AvgIpc) is 3.00. The van der Waals surface area contributed by atoms with Gasteiger partial charge in [-0.3, -0.25) is 4.79 Å². The Balaban J connectivity index is 1.72. The summed E-state index contributed by atoms with van der Waals surface area (Å²) in [6.45, 7) is 6.27. The van der Waals surface area contributed by atoms with Gasteiger partial charge in [0.05, 0.1) is 18.1 Å². The van der Waals surface area contributed by atoms with Crippen molar-refractivity contribution in [3.63, 3.8) is 0 Å². The fourth-order valence-corrected chi connectivity index (χ4v) is 3.89. The third kappa shape index (κ3) is 2.40. The number of hydrogen-bond acceptors (Lipinski definition) is 3. The van der Waals surface area contributed by atoms with Crippen LogP contribution in [0.4, 0.5) is 0 Å². The molecule has 2 aliphatic rings. The monoisotopic (exact) mass is 321 g/mol. The molecule has 2 aromatic carbocycles. The zero-order chi connectivity index (χ0) is 16.7. The van der Waals surface area contributed by atoms with Crippen molar-refractivity contribution in [1.29, 1.82) is 0 Å². The lowest BCUT2D eigenvalue weighted by atomic mass is 9.77. The van der Waals surface area contributed by atoms with Crippen molar-refractivity contribution in [2.24, 2.45) is 5.41 Å². The van der Waals surface area contributed by atoms with Crippen LogP contribution in [0.15, 0.2) is 42.5 Å². The molecule has 0 bridgehead atoms. The molecule has 3 nitrogen and oxygen atoms in total. The van der Waals surface area contributed by atoms with Gasteiger partial charge in [0.1, 0.15) is 0 Å². The molecule has 0 spiro atoms. The molecular weight excluding hydrogens is 298 g/mol. The first-order valence-electron chi connectivity index (χ1n) is 8.66. The van der Waals surface area contributed by atoms with E-state index < -0.39 is 5.41 Å². The van der Waals surface area contributed by atoms with Gasteiger partial charge >= 0.3 is 0 Å². The lowest BCUT2D eigenvalue weighted by molar-refractivity contribution is -0.0324. The zero-order valence-electron chi connectivity index (χ0n) is 14.3. The summed E-state index contributed by atoms with van der Waals surface area (Å²) in [6.07, 6.45) is 0.756. The Morgan fingerprint density at radius 3 is 2.71 bits per heavy atom. The van der Waals surface area contributed by atoms with Crippen LogP contribution in [-0.4, -0.2) is 31.6 Å². The van der Waals surface area contributed by atoms with Crippen molar-refractivity contribution in [3.8, 4) is 11.1 Å². The summed E-state index contributed by atoms with van der Waals surface area (Å²) in [6, 6.07) is 14.5. The van der Waals surface area contributed by atoms with Gasteiger partial charge in [0, 0.05) is 18.7 Å². The van der Waals surface area contributed by atoms with Gasteiger partial charge in [-0.2, -0.15) is 0 Å². The standard InChI is InChI=1S/C21H23NO2/c1-21(2,19-13-22-10-11-24-19)20(23)17-9-5-8-16-15-7-4-3-6-14(15)12-18(16)17/h3-9,19,22H,10-13H2,1-2H3. The number of fused-ring (bicyclic) bond motifs is 3. The molecule has 3 heteroatoms.